The van der Waals surface area contributed by atoms with Crippen LogP contribution < -0.4 is 9.84 Å². The number of carbonyl (C=O) groups excluding carboxylic acids is 1. The number of aldehydes is 1. The van der Waals surface area contributed by atoms with Crippen molar-refractivity contribution in [2.75, 3.05) is 0 Å². The zero-order valence-electron chi connectivity index (χ0n) is 15.0. The van der Waals surface area contributed by atoms with E-state index in [1.54, 1.807) is 12.1 Å². The maximum atomic E-state index is 13.0. The Balaban J connectivity index is 1.91. The molecule has 0 aliphatic carbocycles. The maximum Gasteiger partial charge on any atom is 0.408 e. The molecule has 29 heavy (non-hydrogen) atoms. The molecule has 3 aromatic rings. The highest BCUT2D eigenvalue weighted by Gasteiger charge is 2.31. The lowest BCUT2D eigenvalue weighted by Crippen LogP contribution is -2.20. The fraction of sp³-hybridized carbons (Fsp3) is 0.294. The topological polar surface area (TPSA) is 76.1 Å². The Morgan fingerprint density at radius 1 is 1.28 bits per heavy atom. The molecular weight excluding hydrogens is 401 g/mol. The predicted molar refractivity (Wildman–Crippen MR) is 88.2 cm³/mol. The van der Waals surface area contributed by atoms with E-state index < -0.39 is 24.8 Å². The summed E-state index contributed by atoms with van der Waals surface area (Å²) in [4.78, 5) is 15.3. The van der Waals surface area contributed by atoms with E-state index in [0.717, 1.165) is 9.36 Å². The molecule has 154 valence electrons. The molecule has 3 rings (SSSR count). The molecule has 0 radical (unpaired) electrons. The monoisotopic (exact) mass is 416 g/mol. The summed E-state index contributed by atoms with van der Waals surface area (Å²) in [5.74, 6) is -0.131. The largest absolute Gasteiger partial charge is 0.470 e. The van der Waals surface area contributed by atoms with Crippen LogP contribution in [-0.2, 0) is 20.2 Å². The molecule has 0 saturated heterocycles. The first-order chi connectivity index (χ1) is 13.7. The van der Waals surface area contributed by atoms with E-state index >= 15 is 0 Å². The van der Waals surface area contributed by atoms with Gasteiger partial charge in [-0.25, -0.2) is 0 Å². The van der Waals surface area contributed by atoms with E-state index in [1.165, 1.54) is 25.5 Å². The van der Waals surface area contributed by atoms with Crippen LogP contribution in [0.5, 0.6) is 5.88 Å². The normalized spacial score (nSPS) is 11.8. The first-order valence-electron chi connectivity index (χ1n) is 8.22. The molecule has 0 saturated carbocycles. The van der Waals surface area contributed by atoms with Crippen LogP contribution in [0, 0.1) is 0 Å². The van der Waals surface area contributed by atoms with E-state index in [2.05, 4.69) is 15.2 Å². The Kier molecular flexibility index (Phi) is 5.62. The lowest BCUT2D eigenvalue weighted by molar-refractivity contribution is -0.502. The molecule has 0 bridgehead atoms. The van der Waals surface area contributed by atoms with E-state index in [4.69, 9.17) is 4.74 Å². The minimum absolute atomic E-state index is 0.115. The standard InChI is InChI=1S/C17H14F5N5O2/c1-26-16(11(7-28)14(25-26)15(18)19)29-8-10-3-2-5-23-13(10)12-4-6-24-27(12)9-17(20,21)22/h2-7,15H,8-9H2,1H3/p+1. The highest BCUT2D eigenvalue weighted by atomic mass is 19.4. The smallest absolute Gasteiger partial charge is 0.408 e. The van der Waals surface area contributed by atoms with Gasteiger partial charge in [0.25, 0.3) is 11.6 Å². The molecule has 0 unspecified atom stereocenters. The van der Waals surface area contributed by atoms with Crippen LogP contribution in [-0.4, -0.2) is 31.9 Å². The van der Waals surface area contributed by atoms with Gasteiger partial charge in [-0.05, 0) is 12.1 Å². The Labute approximate surface area is 160 Å². The highest BCUT2D eigenvalue weighted by molar-refractivity contribution is 5.79. The zero-order valence-corrected chi connectivity index (χ0v) is 15.0. The van der Waals surface area contributed by atoms with Gasteiger partial charge in [0.1, 0.15) is 13.2 Å². The van der Waals surface area contributed by atoms with Crippen LogP contribution in [0.25, 0.3) is 11.4 Å². The highest BCUT2D eigenvalue weighted by Crippen LogP contribution is 2.28. The van der Waals surface area contributed by atoms with Crippen LogP contribution in [0.4, 0.5) is 22.0 Å². The Hall–Kier alpha value is -3.31. The molecular formula is C17H15F5N5O2+. The number of hydrogen-bond acceptors (Lipinski definition) is 4. The average Bonchev–Trinajstić information content (AvgIpc) is 3.22. The van der Waals surface area contributed by atoms with Crippen molar-refractivity contribution in [2.45, 2.75) is 25.8 Å². The van der Waals surface area contributed by atoms with Gasteiger partial charge >= 0.3 is 12.6 Å². The Bertz CT molecular complexity index is 1010. The SMILES string of the molecule is Cn1[nH+]c(C(F)F)c(C=O)c1OCc1cccnc1-c1ccnn1CC(F)(F)F. The molecule has 12 heteroatoms. The molecule has 0 aliphatic heterocycles. The first kappa shape index (κ1) is 20.4. The second kappa shape index (κ2) is 7.97. The van der Waals surface area contributed by atoms with Gasteiger partial charge in [-0.1, -0.05) is 6.07 Å². The summed E-state index contributed by atoms with van der Waals surface area (Å²) in [6.45, 7) is -1.53. The Morgan fingerprint density at radius 3 is 2.69 bits per heavy atom. The van der Waals surface area contributed by atoms with Crippen molar-refractivity contribution in [3.05, 3.63) is 47.4 Å². The molecule has 0 aromatic carbocycles. The third-order valence-electron chi connectivity index (χ3n) is 3.99. The van der Waals surface area contributed by atoms with Crippen molar-refractivity contribution in [1.82, 2.24) is 19.4 Å². The molecule has 7 nitrogen and oxygen atoms in total. The number of aromatic nitrogens is 5. The van der Waals surface area contributed by atoms with Gasteiger partial charge in [-0.3, -0.25) is 14.5 Å². The number of halogens is 5. The van der Waals surface area contributed by atoms with E-state index in [1.807, 2.05) is 0 Å². The predicted octanol–water partition coefficient (Wildman–Crippen LogP) is 2.99. The minimum Gasteiger partial charge on any atom is -0.470 e. The van der Waals surface area contributed by atoms with Gasteiger partial charge in [0.15, 0.2) is 11.8 Å². The van der Waals surface area contributed by atoms with Crippen LogP contribution >= 0.6 is 0 Å². The van der Waals surface area contributed by atoms with Crippen LogP contribution in [0.2, 0.25) is 0 Å². The number of hydrogen-bond donors (Lipinski definition) is 0. The summed E-state index contributed by atoms with van der Waals surface area (Å²) < 4.78 is 71.8. The number of carbonyl (C=O) groups is 1. The maximum absolute atomic E-state index is 13.0. The zero-order chi connectivity index (χ0) is 21.2. The van der Waals surface area contributed by atoms with E-state index in [-0.39, 0.29) is 35.7 Å². The average molecular weight is 416 g/mol. The van der Waals surface area contributed by atoms with Crippen molar-refractivity contribution in [3.63, 3.8) is 0 Å². The number of nitrogens with zero attached hydrogens (tertiary/aromatic N) is 4. The summed E-state index contributed by atoms with van der Waals surface area (Å²) in [5, 5.41) is 6.01. The molecule has 0 amide bonds. The number of ether oxygens (including phenoxy) is 1. The Morgan fingerprint density at radius 2 is 2.03 bits per heavy atom. The van der Waals surface area contributed by atoms with Crippen LogP contribution in [0.1, 0.15) is 28.0 Å². The van der Waals surface area contributed by atoms with Gasteiger partial charge in [0, 0.05) is 18.0 Å². The summed E-state index contributed by atoms with van der Waals surface area (Å²) in [6, 6.07) is 4.49. The van der Waals surface area contributed by atoms with Gasteiger partial charge in [0.2, 0.25) is 0 Å². The second-order valence-corrected chi connectivity index (χ2v) is 6.01. The van der Waals surface area contributed by atoms with Gasteiger partial charge < -0.3 is 4.74 Å². The summed E-state index contributed by atoms with van der Waals surface area (Å²) in [5.41, 5.74) is -0.242. The number of H-pyrrole nitrogens is 1. The molecule has 1 N–H and O–H groups in total. The molecule has 3 heterocycles. The lowest BCUT2D eigenvalue weighted by atomic mass is 10.1. The number of alkyl halides is 5. The number of nitrogens with one attached hydrogen (secondary N) is 1. The van der Waals surface area contributed by atoms with Crippen molar-refractivity contribution < 1.29 is 36.6 Å². The minimum atomic E-state index is -4.48. The molecule has 0 atom stereocenters. The summed E-state index contributed by atoms with van der Waals surface area (Å²) in [7, 11) is 1.39. The van der Waals surface area contributed by atoms with E-state index in [0.29, 0.717) is 5.56 Å². The summed E-state index contributed by atoms with van der Waals surface area (Å²) >= 11 is 0. The fourth-order valence-corrected chi connectivity index (χ4v) is 2.80. The third kappa shape index (κ3) is 4.41. The molecule has 0 spiro atoms. The van der Waals surface area contributed by atoms with Crippen molar-refractivity contribution in [2.24, 2.45) is 7.05 Å². The van der Waals surface area contributed by atoms with Crippen LogP contribution in [0.3, 0.4) is 0 Å². The van der Waals surface area contributed by atoms with E-state index in [9.17, 15) is 26.7 Å². The molecule has 0 aliphatic rings. The second-order valence-electron chi connectivity index (χ2n) is 6.01. The third-order valence-corrected chi connectivity index (χ3v) is 3.99. The number of rotatable bonds is 7. The first-order valence-corrected chi connectivity index (χ1v) is 8.22. The fourth-order valence-electron chi connectivity index (χ4n) is 2.80. The molecule has 0 fully saturated rings. The number of aromatic amines is 1. The van der Waals surface area contributed by atoms with Crippen molar-refractivity contribution in [3.8, 4) is 17.3 Å². The summed E-state index contributed by atoms with van der Waals surface area (Å²) in [6.07, 6.45) is -4.53. The van der Waals surface area contributed by atoms with Gasteiger partial charge in [-0.2, -0.15) is 27.1 Å². The van der Waals surface area contributed by atoms with Crippen molar-refractivity contribution in [1.29, 1.82) is 0 Å². The quantitative estimate of drug-likeness (QED) is 0.438. The van der Waals surface area contributed by atoms with Crippen LogP contribution in [0.15, 0.2) is 30.6 Å². The van der Waals surface area contributed by atoms with Crippen molar-refractivity contribution >= 4 is 6.29 Å². The van der Waals surface area contributed by atoms with Gasteiger partial charge in [-0.15, -0.1) is 9.78 Å². The van der Waals surface area contributed by atoms with Gasteiger partial charge in [0.05, 0.1) is 18.4 Å². The number of pyridine rings is 1. The molecule has 3 aromatic heterocycles. The number of aryl methyl sites for hydroxylation is 1. The lowest BCUT2D eigenvalue weighted by Gasteiger charge is -2.13.